The van der Waals surface area contributed by atoms with Gasteiger partial charge < -0.3 is 26.0 Å². The normalized spacial score (nSPS) is 27.1. The van der Waals surface area contributed by atoms with Crippen LogP contribution in [-0.4, -0.2) is 59.0 Å². The molecule has 1 amide bonds. The highest BCUT2D eigenvalue weighted by Crippen LogP contribution is 2.10. The monoisotopic (exact) mass is 232 g/mol. The molecule has 16 heavy (non-hydrogen) atoms. The average molecular weight is 232 g/mol. The van der Waals surface area contributed by atoms with Crippen LogP contribution in [0, 0.1) is 5.92 Å². The van der Waals surface area contributed by atoms with Crippen LogP contribution in [0.4, 0.5) is 0 Å². The first kappa shape index (κ1) is 12.9. The second-order valence-corrected chi connectivity index (χ2v) is 3.83. The van der Waals surface area contributed by atoms with Crippen LogP contribution in [0.5, 0.6) is 0 Å². The Labute approximate surface area is 92.5 Å². The minimum atomic E-state index is -1.29. The summed E-state index contributed by atoms with van der Waals surface area (Å²) in [5.74, 6) is -2.20. The number of nitrogens with one attached hydrogen (secondary N) is 2. The number of β-amino-alcohol motifs (C(OH)–C–C–N with tert-alkyl or cyclic N) is 1. The van der Waals surface area contributed by atoms with E-state index >= 15 is 0 Å². The molecule has 0 saturated carbocycles. The summed E-state index contributed by atoms with van der Waals surface area (Å²) < 4.78 is 0. The van der Waals surface area contributed by atoms with E-state index in [0.717, 1.165) is 0 Å². The van der Waals surface area contributed by atoms with Gasteiger partial charge in [-0.05, 0) is 6.42 Å². The van der Waals surface area contributed by atoms with Crippen molar-refractivity contribution in [3.63, 3.8) is 0 Å². The first-order chi connectivity index (χ1) is 7.54. The van der Waals surface area contributed by atoms with E-state index in [-0.39, 0.29) is 0 Å². The lowest BCUT2D eigenvalue weighted by atomic mass is 9.96. The molecule has 1 aliphatic heterocycles. The van der Waals surface area contributed by atoms with Crippen molar-refractivity contribution in [2.75, 3.05) is 19.7 Å². The molecule has 0 bridgehead atoms. The van der Waals surface area contributed by atoms with Crippen LogP contribution in [0.15, 0.2) is 0 Å². The molecule has 3 unspecified atom stereocenters. The third kappa shape index (κ3) is 3.44. The number of carboxylic acid groups (broad SMARTS) is 1. The van der Waals surface area contributed by atoms with Crippen LogP contribution in [0.1, 0.15) is 6.42 Å². The van der Waals surface area contributed by atoms with Gasteiger partial charge in [0.15, 0.2) is 0 Å². The van der Waals surface area contributed by atoms with Crippen LogP contribution in [0.25, 0.3) is 0 Å². The van der Waals surface area contributed by atoms with Crippen LogP contribution in [0.3, 0.4) is 0 Å². The van der Waals surface area contributed by atoms with Gasteiger partial charge in [-0.15, -0.1) is 0 Å². The number of aliphatic carboxylic acids is 1. The van der Waals surface area contributed by atoms with Gasteiger partial charge in [-0.3, -0.25) is 4.79 Å². The van der Waals surface area contributed by atoms with E-state index < -0.39 is 36.5 Å². The third-order valence-electron chi connectivity index (χ3n) is 2.50. The molecule has 7 heteroatoms. The van der Waals surface area contributed by atoms with E-state index in [1.165, 1.54) is 0 Å². The highest BCUT2D eigenvalue weighted by molar-refractivity contribution is 5.85. The molecule has 1 heterocycles. The minimum Gasteiger partial charge on any atom is -0.480 e. The lowest BCUT2D eigenvalue weighted by Gasteiger charge is -2.26. The molecular formula is C9H16N2O5. The van der Waals surface area contributed by atoms with E-state index in [0.29, 0.717) is 19.5 Å². The van der Waals surface area contributed by atoms with E-state index in [4.69, 9.17) is 10.2 Å². The molecule has 0 aromatic heterocycles. The van der Waals surface area contributed by atoms with Gasteiger partial charge in [0.05, 0.1) is 18.6 Å². The highest BCUT2D eigenvalue weighted by Gasteiger charge is 2.28. The van der Waals surface area contributed by atoms with Crippen molar-refractivity contribution in [3.8, 4) is 0 Å². The number of aliphatic hydroxyl groups is 2. The third-order valence-corrected chi connectivity index (χ3v) is 2.50. The lowest BCUT2D eigenvalue weighted by Crippen LogP contribution is -2.51. The van der Waals surface area contributed by atoms with E-state index in [1.807, 2.05) is 0 Å². The fraction of sp³-hybridized carbons (Fsp3) is 0.778. The molecule has 0 spiro atoms. The SMILES string of the molecule is O=C(NC(CO)C(=O)O)C1CNCC(O)C1. The maximum absolute atomic E-state index is 11.6. The summed E-state index contributed by atoms with van der Waals surface area (Å²) in [6, 6.07) is -1.29. The number of hydrogen-bond donors (Lipinski definition) is 5. The molecule has 7 nitrogen and oxygen atoms in total. The fourth-order valence-corrected chi connectivity index (χ4v) is 1.59. The van der Waals surface area contributed by atoms with Gasteiger partial charge in [0.1, 0.15) is 6.04 Å². The van der Waals surface area contributed by atoms with E-state index in [2.05, 4.69) is 10.6 Å². The Bertz CT molecular complexity index is 271. The van der Waals surface area contributed by atoms with E-state index in [9.17, 15) is 14.7 Å². The summed E-state index contributed by atoms with van der Waals surface area (Å²) in [6.45, 7) is 0.191. The summed E-state index contributed by atoms with van der Waals surface area (Å²) >= 11 is 0. The number of carbonyl (C=O) groups is 2. The number of amides is 1. The van der Waals surface area contributed by atoms with Crippen LogP contribution >= 0.6 is 0 Å². The molecule has 0 aromatic carbocycles. The quantitative estimate of drug-likeness (QED) is 0.366. The van der Waals surface area contributed by atoms with Crippen LogP contribution in [0.2, 0.25) is 0 Å². The van der Waals surface area contributed by atoms with Crippen LogP contribution in [-0.2, 0) is 9.59 Å². The molecular weight excluding hydrogens is 216 g/mol. The maximum Gasteiger partial charge on any atom is 0.328 e. The summed E-state index contributed by atoms with van der Waals surface area (Å²) in [6.07, 6.45) is -0.293. The second kappa shape index (κ2) is 5.78. The molecule has 1 fully saturated rings. The molecule has 3 atom stereocenters. The van der Waals surface area contributed by atoms with Crippen molar-refractivity contribution < 1.29 is 24.9 Å². The first-order valence-electron chi connectivity index (χ1n) is 5.07. The first-order valence-corrected chi connectivity index (χ1v) is 5.07. The predicted molar refractivity (Wildman–Crippen MR) is 53.6 cm³/mol. The Hall–Kier alpha value is -1.18. The smallest absolute Gasteiger partial charge is 0.328 e. The van der Waals surface area contributed by atoms with Gasteiger partial charge in [0, 0.05) is 13.1 Å². The molecule has 1 rings (SSSR count). The van der Waals surface area contributed by atoms with Gasteiger partial charge in [-0.1, -0.05) is 0 Å². The highest BCUT2D eigenvalue weighted by atomic mass is 16.4. The van der Waals surface area contributed by atoms with Crippen molar-refractivity contribution >= 4 is 11.9 Å². The Balaban J connectivity index is 2.47. The molecule has 0 radical (unpaired) electrons. The van der Waals surface area contributed by atoms with Gasteiger partial charge >= 0.3 is 5.97 Å². The Kier molecular flexibility index (Phi) is 4.66. The Morgan fingerprint density at radius 2 is 2.12 bits per heavy atom. The summed E-state index contributed by atoms with van der Waals surface area (Å²) in [7, 11) is 0. The van der Waals surface area contributed by atoms with Gasteiger partial charge in [-0.25, -0.2) is 4.79 Å². The summed E-state index contributed by atoms with van der Waals surface area (Å²) in [5.41, 5.74) is 0. The lowest BCUT2D eigenvalue weighted by molar-refractivity contribution is -0.143. The topological polar surface area (TPSA) is 119 Å². The number of piperidine rings is 1. The number of aliphatic hydroxyl groups excluding tert-OH is 2. The van der Waals surface area contributed by atoms with Crippen LogP contribution < -0.4 is 10.6 Å². The van der Waals surface area contributed by atoms with E-state index in [1.54, 1.807) is 0 Å². The second-order valence-electron chi connectivity index (χ2n) is 3.83. The summed E-state index contributed by atoms with van der Waals surface area (Å²) in [4.78, 5) is 22.2. The zero-order chi connectivity index (χ0) is 12.1. The fourth-order valence-electron chi connectivity index (χ4n) is 1.59. The van der Waals surface area contributed by atoms with Gasteiger partial charge in [-0.2, -0.15) is 0 Å². The number of carbonyl (C=O) groups excluding carboxylic acids is 1. The molecule has 0 aliphatic carbocycles. The zero-order valence-electron chi connectivity index (χ0n) is 8.72. The Morgan fingerprint density at radius 1 is 1.44 bits per heavy atom. The van der Waals surface area contributed by atoms with Gasteiger partial charge in [0.2, 0.25) is 5.91 Å². The number of carboxylic acids is 1. The molecule has 92 valence electrons. The molecule has 0 aromatic rings. The standard InChI is InChI=1S/C9H16N2O5/c12-4-7(9(15)16)11-8(14)5-1-6(13)3-10-2-5/h5-7,10,12-13H,1-4H2,(H,11,14)(H,15,16). The minimum absolute atomic E-state index is 0.302. The average Bonchev–Trinajstić information content (AvgIpc) is 2.25. The largest absolute Gasteiger partial charge is 0.480 e. The van der Waals surface area contributed by atoms with Crippen molar-refractivity contribution in [1.29, 1.82) is 0 Å². The summed E-state index contributed by atoms with van der Waals surface area (Å²) in [5, 5.41) is 31.8. The van der Waals surface area contributed by atoms with Crippen molar-refractivity contribution in [2.45, 2.75) is 18.6 Å². The molecule has 1 saturated heterocycles. The molecule has 1 aliphatic rings. The zero-order valence-corrected chi connectivity index (χ0v) is 8.72. The molecule has 5 N–H and O–H groups in total. The van der Waals surface area contributed by atoms with Crippen molar-refractivity contribution in [2.24, 2.45) is 5.92 Å². The predicted octanol–water partition coefficient (Wildman–Crippen LogP) is -2.48. The number of hydrogen-bond acceptors (Lipinski definition) is 5. The maximum atomic E-state index is 11.6. The van der Waals surface area contributed by atoms with Crippen molar-refractivity contribution in [1.82, 2.24) is 10.6 Å². The van der Waals surface area contributed by atoms with Crippen molar-refractivity contribution in [3.05, 3.63) is 0 Å². The Morgan fingerprint density at radius 3 is 2.62 bits per heavy atom. The van der Waals surface area contributed by atoms with Gasteiger partial charge in [0.25, 0.3) is 0 Å². The number of rotatable bonds is 4.